The third kappa shape index (κ3) is 5.62. The van der Waals surface area contributed by atoms with Gasteiger partial charge in [0.1, 0.15) is 0 Å². The Labute approximate surface area is 94.7 Å². The highest BCUT2D eigenvalue weighted by atomic mass is 32.2. The molecule has 0 spiro atoms. The van der Waals surface area contributed by atoms with Gasteiger partial charge in [-0.2, -0.15) is 0 Å². The molecule has 1 heterocycles. The molecule has 0 radical (unpaired) electrons. The van der Waals surface area contributed by atoms with E-state index in [-0.39, 0.29) is 5.56 Å². The van der Waals surface area contributed by atoms with Gasteiger partial charge in [0.2, 0.25) is 0 Å². The van der Waals surface area contributed by atoms with Crippen molar-refractivity contribution in [3.8, 4) is 0 Å². The first-order chi connectivity index (χ1) is 7.33. The van der Waals surface area contributed by atoms with Crippen molar-refractivity contribution in [3.63, 3.8) is 0 Å². The number of rotatable bonds is 7. The largest absolute Gasteiger partial charge is 0.301 e. The lowest BCUT2D eigenvalue weighted by molar-refractivity contribution is 0.659. The summed E-state index contributed by atoms with van der Waals surface area (Å²) >= 11 is 1.63. The SMILES string of the molecule is CCCCCCCSc1nccc(=O)[nH]1. The third-order valence-electron chi connectivity index (χ3n) is 2.13. The van der Waals surface area contributed by atoms with Crippen LogP contribution < -0.4 is 5.56 Å². The van der Waals surface area contributed by atoms with Gasteiger partial charge in [-0.15, -0.1) is 0 Å². The maximum Gasteiger partial charge on any atom is 0.251 e. The summed E-state index contributed by atoms with van der Waals surface area (Å²) in [4.78, 5) is 17.7. The smallest absolute Gasteiger partial charge is 0.251 e. The summed E-state index contributed by atoms with van der Waals surface area (Å²) in [5.41, 5.74) is -0.0708. The van der Waals surface area contributed by atoms with Crippen molar-refractivity contribution < 1.29 is 0 Å². The molecule has 1 aromatic heterocycles. The maximum absolute atomic E-state index is 11.0. The molecular weight excluding hydrogens is 208 g/mol. The molecule has 0 atom stereocenters. The molecule has 0 aliphatic heterocycles. The van der Waals surface area contributed by atoms with E-state index in [4.69, 9.17) is 0 Å². The molecule has 0 amide bonds. The second-order valence-corrected chi connectivity index (χ2v) is 4.59. The molecule has 0 aromatic carbocycles. The van der Waals surface area contributed by atoms with Crippen LogP contribution in [-0.2, 0) is 0 Å². The fourth-order valence-corrected chi connectivity index (χ4v) is 2.15. The van der Waals surface area contributed by atoms with E-state index in [0.717, 1.165) is 10.9 Å². The molecule has 1 aromatic rings. The fraction of sp³-hybridized carbons (Fsp3) is 0.636. The molecule has 0 saturated carbocycles. The molecule has 3 nitrogen and oxygen atoms in total. The van der Waals surface area contributed by atoms with Gasteiger partial charge in [-0.25, -0.2) is 4.98 Å². The Morgan fingerprint density at radius 1 is 1.33 bits per heavy atom. The molecule has 1 rings (SSSR count). The van der Waals surface area contributed by atoms with Crippen LogP contribution in [0.2, 0.25) is 0 Å². The number of nitrogens with one attached hydrogen (secondary N) is 1. The summed E-state index contributed by atoms with van der Waals surface area (Å²) < 4.78 is 0. The number of hydrogen-bond donors (Lipinski definition) is 1. The lowest BCUT2D eigenvalue weighted by Crippen LogP contribution is -2.05. The van der Waals surface area contributed by atoms with E-state index in [1.165, 1.54) is 38.2 Å². The summed E-state index contributed by atoms with van der Waals surface area (Å²) in [7, 11) is 0. The number of unbranched alkanes of at least 4 members (excludes halogenated alkanes) is 4. The zero-order chi connectivity index (χ0) is 10.9. The molecule has 0 fully saturated rings. The highest BCUT2D eigenvalue weighted by Gasteiger charge is 1.96. The van der Waals surface area contributed by atoms with Crippen molar-refractivity contribution in [2.75, 3.05) is 5.75 Å². The number of aromatic nitrogens is 2. The first kappa shape index (κ1) is 12.3. The van der Waals surface area contributed by atoms with E-state index in [9.17, 15) is 4.79 Å². The third-order valence-corrected chi connectivity index (χ3v) is 3.11. The zero-order valence-electron chi connectivity index (χ0n) is 9.16. The minimum Gasteiger partial charge on any atom is -0.301 e. The molecule has 0 saturated heterocycles. The van der Waals surface area contributed by atoms with Crippen LogP contribution in [0.5, 0.6) is 0 Å². The molecule has 0 bridgehead atoms. The van der Waals surface area contributed by atoms with E-state index in [1.807, 2.05) is 0 Å². The summed E-state index contributed by atoms with van der Waals surface area (Å²) in [6.45, 7) is 2.22. The monoisotopic (exact) mass is 226 g/mol. The van der Waals surface area contributed by atoms with Crippen LogP contribution in [0.15, 0.2) is 22.2 Å². The molecular formula is C11H18N2OS. The van der Waals surface area contributed by atoms with Crippen molar-refractivity contribution in [3.05, 3.63) is 22.6 Å². The molecule has 0 aliphatic rings. The molecule has 1 N–H and O–H groups in total. The maximum atomic E-state index is 11.0. The molecule has 84 valence electrons. The van der Waals surface area contributed by atoms with Crippen LogP contribution in [0.3, 0.4) is 0 Å². The first-order valence-electron chi connectivity index (χ1n) is 5.51. The van der Waals surface area contributed by atoms with Crippen molar-refractivity contribution >= 4 is 11.8 Å². The predicted molar refractivity (Wildman–Crippen MR) is 64.3 cm³/mol. The minimum absolute atomic E-state index is 0.0708. The van der Waals surface area contributed by atoms with Gasteiger partial charge in [-0.05, 0) is 6.42 Å². The quantitative estimate of drug-likeness (QED) is 0.442. The van der Waals surface area contributed by atoms with Gasteiger partial charge in [-0.3, -0.25) is 4.79 Å². The van der Waals surface area contributed by atoms with Gasteiger partial charge in [0, 0.05) is 18.0 Å². The lowest BCUT2D eigenvalue weighted by atomic mass is 10.2. The van der Waals surface area contributed by atoms with Crippen molar-refractivity contribution in [2.24, 2.45) is 0 Å². The molecule has 4 heteroatoms. The summed E-state index contributed by atoms with van der Waals surface area (Å²) in [5.74, 6) is 1.04. The average Bonchev–Trinajstić information content (AvgIpc) is 2.23. The van der Waals surface area contributed by atoms with Gasteiger partial charge in [0.25, 0.3) is 5.56 Å². The highest BCUT2D eigenvalue weighted by molar-refractivity contribution is 7.99. The normalized spacial score (nSPS) is 10.5. The Morgan fingerprint density at radius 2 is 2.13 bits per heavy atom. The topological polar surface area (TPSA) is 45.8 Å². The Kier molecular flexibility index (Phi) is 6.16. The number of hydrogen-bond acceptors (Lipinski definition) is 3. The van der Waals surface area contributed by atoms with Crippen LogP contribution >= 0.6 is 11.8 Å². The first-order valence-corrected chi connectivity index (χ1v) is 6.49. The fourth-order valence-electron chi connectivity index (χ4n) is 1.30. The summed E-state index contributed by atoms with van der Waals surface area (Å²) in [6, 6.07) is 1.44. The van der Waals surface area contributed by atoms with Gasteiger partial charge in [-0.1, -0.05) is 44.4 Å². The van der Waals surface area contributed by atoms with Crippen LogP contribution in [0.4, 0.5) is 0 Å². The lowest BCUT2D eigenvalue weighted by Gasteiger charge is -2.00. The molecule has 0 aliphatic carbocycles. The summed E-state index contributed by atoms with van der Waals surface area (Å²) in [6.07, 6.45) is 7.95. The summed E-state index contributed by atoms with van der Waals surface area (Å²) in [5, 5.41) is 0.734. The molecule has 15 heavy (non-hydrogen) atoms. The van der Waals surface area contributed by atoms with Crippen LogP contribution in [-0.4, -0.2) is 15.7 Å². The number of thioether (sulfide) groups is 1. The van der Waals surface area contributed by atoms with Crippen LogP contribution in [0.25, 0.3) is 0 Å². The van der Waals surface area contributed by atoms with Crippen molar-refractivity contribution in [1.29, 1.82) is 0 Å². The standard InChI is InChI=1S/C11H18N2OS/c1-2-3-4-5-6-9-15-11-12-8-7-10(14)13-11/h7-8H,2-6,9H2,1H3,(H,12,13,14). The van der Waals surface area contributed by atoms with Crippen LogP contribution in [0.1, 0.15) is 39.0 Å². The Morgan fingerprint density at radius 3 is 2.87 bits per heavy atom. The van der Waals surface area contributed by atoms with Crippen LogP contribution in [0, 0.1) is 0 Å². The van der Waals surface area contributed by atoms with Crippen molar-refractivity contribution in [2.45, 2.75) is 44.2 Å². The second-order valence-electron chi connectivity index (χ2n) is 3.50. The Bertz CT molecular complexity index is 324. The van der Waals surface area contributed by atoms with Gasteiger partial charge >= 0.3 is 0 Å². The Balaban J connectivity index is 2.12. The van der Waals surface area contributed by atoms with Gasteiger partial charge in [0.05, 0.1) is 0 Å². The average molecular weight is 226 g/mol. The van der Waals surface area contributed by atoms with E-state index in [1.54, 1.807) is 18.0 Å². The Hall–Kier alpha value is -0.770. The van der Waals surface area contributed by atoms with Gasteiger partial charge < -0.3 is 4.98 Å². The highest BCUT2D eigenvalue weighted by Crippen LogP contribution is 2.13. The van der Waals surface area contributed by atoms with E-state index >= 15 is 0 Å². The van der Waals surface area contributed by atoms with E-state index in [0.29, 0.717) is 0 Å². The zero-order valence-corrected chi connectivity index (χ0v) is 9.98. The van der Waals surface area contributed by atoms with Crippen molar-refractivity contribution in [1.82, 2.24) is 9.97 Å². The van der Waals surface area contributed by atoms with E-state index < -0.39 is 0 Å². The molecule has 0 unspecified atom stereocenters. The number of nitrogens with zero attached hydrogens (tertiary/aromatic N) is 1. The number of H-pyrrole nitrogens is 1. The second kappa shape index (κ2) is 7.51. The van der Waals surface area contributed by atoms with Gasteiger partial charge in [0.15, 0.2) is 5.16 Å². The predicted octanol–water partition coefficient (Wildman–Crippen LogP) is 2.83. The van der Waals surface area contributed by atoms with E-state index in [2.05, 4.69) is 16.9 Å². The minimum atomic E-state index is -0.0708. The number of aromatic amines is 1.